The molecule has 0 atom stereocenters. The zero-order chi connectivity index (χ0) is 21.8. The molecule has 0 N–H and O–H groups in total. The Balaban J connectivity index is 1.48. The molecule has 0 saturated heterocycles. The maximum absolute atomic E-state index is 4.68. The van der Waals surface area contributed by atoms with Gasteiger partial charge in [0.05, 0.1) is 24.0 Å². The summed E-state index contributed by atoms with van der Waals surface area (Å²) in [6, 6.07) is 28.9. The molecule has 0 spiro atoms. The van der Waals surface area contributed by atoms with Crippen molar-refractivity contribution in [2.45, 2.75) is 24.2 Å². The van der Waals surface area contributed by atoms with Crippen molar-refractivity contribution < 1.29 is 0 Å². The van der Waals surface area contributed by atoms with Gasteiger partial charge in [0.25, 0.3) is 0 Å². The molecule has 0 aliphatic heterocycles. The van der Waals surface area contributed by atoms with E-state index < -0.39 is 0 Å². The Morgan fingerprint density at radius 1 is 0.812 bits per heavy atom. The number of hydrogen-bond acceptors (Lipinski definition) is 5. The average molecular weight is 439 g/mol. The molecule has 5 rings (SSSR count). The minimum atomic E-state index is 0.576. The van der Waals surface area contributed by atoms with Crippen LogP contribution in [0.3, 0.4) is 0 Å². The van der Waals surface area contributed by atoms with Crippen LogP contribution in [0.15, 0.2) is 96.2 Å². The van der Waals surface area contributed by atoms with E-state index in [2.05, 4.69) is 88.1 Å². The molecule has 0 aliphatic carbocycles. The van der Waals surface area contributed by atoms with Crippen LogP contribution < -0.4 is 0 Å². The van der Waals surface area contributed by atoms with Crippen molar-refractivity contribution in [2.24, 2.45) is 0 Å². The third-order valence-corrected chi connectivity index (χ3v) is 6.23. The maximum Gasteiger partial charge on any atom is 0.209 e. The van der Waals surface area contributed by atoms with Crippen LogP contribution in [0.4, 0.5) is 0 Å². The lowest BCUT2D eigenvalue weighted by molar-refractivity contribution is 0.573. The number of nitrogens with zero attached hydrogens (tertiary/aromatic N) is 6. The van der Waals surface area contributed by atoms with E-state index in [1.807, 2.05) is 35.1 Å². The van der Waals surface area contributed by atoms with E-state index in [9.17, 15) is 0 Å². The summed E-state index contributed by atoms with van der Waals surface area (Å²) in [6.45, 7) is 2.66. The van der Waals surface area contributed by atoms with Crippen molar-refractivity contribution in [2.75, 3.05) is 0 Å². The fraction of sp³-hybridized carbons (Fsp3) is 0.120. The first-order valence-corrected chi connectivity index (χ1v) is 11.4. The number of tetrazole rings is 1. The van der Waals surface area contributed by atoms with Crippen LogP contribution in [0.25, 0.3) is 17.1 Å². The van der Waals surface area contributed by atoms with Crippen LogP contribution in [0.2, 0.25) is 0 Å². The molecule has 0 fully saturated rings. The van der Waals surface area contributed by atoms with E-state index in [4.69, 9.17) is 0 Å². The maximum atomic E-state index is 4.68. The van der Waals surface area contributed by atoms with E-state index >= 15 is 0 Å². The fourth-order valence-corrected chi connectivity index (χ4v) is 4.46. The van der Waals surface area contributed by atoms with Crippen molar-refractivity contribution in [1.82, 2.24) is 30.0 Å². The van der Waals surface area contributed by atoms with Gasteiger partial charge >= 0.3 is 0 Å². The molecule has 5 aromatic rings. The van der Waals surface area contributed by atoms with Crippen LogP contribution in [-0.4, -0.2) is 30.0 Å². The van der Waals surface area contributed by atoms with Gasteiger partial charge in [-0.2, -0.15) is 9.90 Å². The summed E-state index contributed by atoms with van der Waals surface area (Å²) in [5.41, 5.74) is 5.48. The lowest BCUT2D eigenvalue weighted by Crippen LogP contribution is -2.03. The largest absolute Gasteiger partial charge is 0.226 e. The second-order valence-electron chi connectivity index (χ2n) is 7.51. The van der Waals surface area contributed by atoms with Crippen LogP contribution >= 0.6 is 11.8 Å². The van der Waals surface area contributed by atoms with Crippen molar-refractivity contribution in [3.63, 3.8) is 0 Å². The number of benzene rings is 3. The lowest BCUT2D eigenvalue weighted by atomic mass is 10.2. The number of aromatic nitrogens is 6. The third-order valence-electron chi connectivity index (χ3n) is 5.08. The zero-order valence-electron chi connectivity index (χ0n) is 17.7. The predicted molar refractivity (Wildman–Crippen MR) is 127 cm³/mol. The van der Waals surface area contributed by atoms with Crippen molar-refractivity contribution in [3.8, 4) is 17.1 Å². The van der Waals surface area contributed by atoms with Gasteiger partial charge in [0.1, 0.15) is 5.03 Å². The molecule has 158 valence electrons. The number of aryl methyl sites for hydroxylation is 1. The minimum Gasteiger partial charge on any atom is -0.226 e. The average Bonchev–Trinajstić information content (AvgIpc) is 3.46. The summed E-state index contributed by atoms with van der Waals surface area (Å²) in [5, 5.41) is 18.9. The molecule has 2 aromatic heterocycles. The Labute approximate surface area is 190 Å². The molecule has 2 heterocycles. The first-order chi connectivity index (χ1) is 15.8. The molecule has 0 radical (unpaired) electrons. The van der Waals surface area contributed by atoms with Crippen molar-refractivity contribution >= 4 is 11.8 Å². The molecular weight excluding hydrogens is 416 g/mol. The second kappa shape index (κ2) is 9.20. The highest BCUT2D eigenvalue weighted by Crippen LogP contribution is 2.33. The zero-order valence-corrected chi connectivity index (χ0v) is 18.5. The number of hydrogen-bond donors (Lipinski definition) is 0. The molecule has 0 aliphatic rings. The fourth-order valence-electron chi connectivity index (χ4n) is 3.39. The smallest absolute Gasteiger partial charge is 0.209 e. The topological polar surface area (TPSA) is 61.4 Å². The standard InChI is InChI=1S/C25H22N6S/c1-19-12-14-22(15-13-19)31-25(32-18-21-10-6-3-7-11-21)23(16-26-31)24-27-29-30(28-24)17-20-8-4-2-5-9-20/h2-16H,17-18H2,1H3. The summed E-state index contributed by atoms with van der Waals surface area (Å²) >= 11 is 1.72. The predicted octanol–water partition coefficient (Wildman–Crippen LogP) is 5.17. The first kappa shape index (κ1) is 20.2. The van der Waals surface area contributed by atoms with E-state index in [-0.39, 0.29) is 0 Å². The van der Waals surface area contributed by atoms with E-state index in [1.54, 1.807) is 16.6 Å². The number of rotatable bonds is 7. The number of thioether (sulfide) groups is 1. The molecule has 7 heteroatoms. The van der Waals surface area contributed by atoms with Crippen molar-refractivity contribution in [1.29, 1.82) is 0 Å². The quantitative estimate of drug-likeness (QED) is 0.328. The highest BCUT2D eigenvalue weighted by molar-refractivity contribution is 7.98. The van der Waals surface area contributed by atoms with Gasteiger partial charge in [-0.25, -0.2) is 4.68 Å². The van der Waals surface area contributed by atoms with Gasteiger partial charge < -0.3 is 0 Å². The molecule has 0 unspecified atom stereocenters. The molecule has 0 saturated carbocycles. The second-order valence-corrected chi connectivity index (χ2v) is 8.48. The summed E-state index contributed by atoms with van der Waals surface area (Å²) < 4.78 is 1.96. The molecule has 3 aromatic carbocycles. The molecule has 32 heavy (non-hydrogen) atoms. The van der Waals surface area contributed by atoms with Crippen LogP contribution in [-0.2, 0) is 12.3 Å². The van der Waals surface area contributed by atoms with Crippen LogP contribution in [0.5, 0.6) is 0 Å². The van der Waals surface area contributed by atoms with Gasteiger partial charge in [0.15, 0.2) is 0 Å². The van der Waals surface area contributed by atoms with Gasteiger partial charge in [0.2, 0.25) is 5.82 Å². The van der Waals surface area contributed by atoms with Gasteiger partial charge in [-0.15, -0.1) is 22.0 Å². The van der Waals surface area contributed by atoms with Gasteiger partial charge in [-0.3, -0.25) is 0 Å². The van der Waals surface area contributed by atoms with E-state index in [0.717, 1.165) is 27.6 Å². The minimum absolute atomic E-state index is 0.576. The highest BCUT2D eigenvalue weighted by Gasteiger charge is 2.19. The van der Waals surface area contributed by atoms with Crippen LogP contribution in [0, 0.1) is 6.92 Å². The first-order valence-electron chi connectivity index (χ1n) is 10.4. The SMILES string of the molecule is Cc1ccc(-n2ncc(-c3nnn(Cc4ccccc4)n3)c2SCc2ccccc2)cc1. The van der Waals surface area contributed by atoms with Gasteiger partial charge in [-0.05, 0) is 35.4 Å². The van der Waals surface area contributed by atoms with E-state index in [0.29, 0.717) is 12.4 Å². The lowest BCUT2D eigenvalue weighted by Gasteiger charge is -2.09. The summed E-state index contributed by atoms with van der Waals surface area (Å²) in [5.74, 6) is 1.40. The Hall–Kier alpha value is -3.71. The Kier molecular flexibility index (Phi) is 5.81. The molecule has 0 bridgehead atoms. The van der Waals surface area contributed by atoms with Crippen molar-refractivity contribution in [3.05, 3.63) is 108 Å². The molecular formula is C25H22N6S. The summed E-state index contributed by atoms with van der Waals surface area (Å²) in [6.07, 6.45) is 1.83. The Morgan fingerprint density at radius 3 is 2.22 bits per heavy atom. The monoisotopic (exact) mass is 438 g/mol. The normalized spacial score (nSPS) is 11.0. The summed E-state index contributed by atoms with van der Waals surface area (Å²) in [4.78, 5) is 1.62. The summed E-state index contributed by atoms with van der Waals surface area (Å²) in [7, 11) is 0. The van der Waals surface area contributed by atoms with Gasteiger partial charge in [0, 0.05) is 5.75 Å². The molecule has 0 amide bonds. The van der Waals surface area contributed by atoms with Gasteiger partial charge in [-0.1, -0.05) is 78.4 Å². The Bertz CT molecular complexity index is 1290. The molecule has 6 nitrogen and oxygen atoms in total. The van der Waals surface area contributed by atoms with E-state index in [1.165, 1.54) is 11.1 Å². The highest BCUT2D eigenvalue weighted by atomic mass is 32.2. The van der Waals surface area contributed by atoms with Crippen LogP contribution in [0.1, 0.15) is 16.7 Å². The Morgan fingerprint density at radius 2 is 1.50 bits per heavy atom. The third kappa shape index (κ3) is 4.48.